The SMILES string of the molecule is Cc1cncc(COc2cc(F)ccc2C(C)N)c1. The molecule has 1 aromatic heterocycles. The van der Waals surface area contributed by atoms with Crippen LogP contribution in [0.15, 0.2) is 36.7 Å². The van der Waals surface area contributed by atoms with Gasteiger partial charge in [0, 0.05) is 35.6 Å². The highest BCUT2D eigenvalue weighted by atomic mass is 19.1. The molecular formula is C15H17FN2O. The lowest BCUT2D eigenvalue weighted by Crippen LogP contribution is -2.08. The summed E-state index contributed by atoms with van der Waals surface area (Å²) in [6.07, 6.45) is 3.51. The molecule has 0 spiro atoms. The third-order valence-electron chi connectivity index (χ3n) is 2.79. The Kier molecular flexibility index (Phi) is 4.12. The van der Waals surface area contributed by atoms with E-state index in [9.17, 15) is 4.39 Å². The highest BCUT2D eigenvalue weighted by Gasteiger charge is 2.09. The van der Waals surface area contributed by atoms with Crippen molar-refractivity contribution in [3.8, 4) is 5.75 Å². The zero-order valence-corrected chi connectivity index (χ0v) is 11.1. The third kappa shape index (κ3) is 3.51. The quantitative estimate of drug-likeness (QED) is 0.918. The lowest BCUT2D eigenvalue weighted by molar-refractivity contribution is 0.299. The van der Waals surface area contributed by atoms with Crippen molar-refractivity contribution < 1.29 is 9.13 Å². The molecule has 3 nitrogen and oxygen atoms in total. The smallest absolute Gasteiger partial charge is 0.127 e. The second kappa shape index (κ2) is 5.80. The first-order valence-corrected chi connectivity index (χ1v) is 6.14. The first kappa shape index (κ1) is 13.5. The molecule has 0 amide bonds. The predicted octanol–water partition coefficient (Wildman–Crippen LogP) is 3.13. The number of hydrogen-bond acceptors (Lipinski definition) is 3. The van der Waals surface area contributed by atoms with Crippen LogP contribution in [0.25, 0.3) is 0 Å². The molecule has 2 N–H and O–H groups in total. The molecule has 0 bridgehead atoms. The summed E-state index contributed by atoms with van der Waals surface area (Å²) in [5.74, 6) is 0.151. The molecule has 1 aromatic carbocycles. The molecule has 0 fully saturated rings. The number of nitrogens with two attached hydrogens (primary N) is 1. The summed E-state index contributed by atoms with van der Waals surface area (Å²) < 4.78 is 18.9. The summed E-state index contributed by atoms with van der Waals surface area (Å²) in [4.78, 5) is 4.09. The number of halogens is 1. The van der Waals surface area contributed by atoms with Crippen molar-refractivity contribution in [3.63, 3.8) is 0 Å². The average Bonchev–Trinajstić information content (AvgIpc) is 2.36. The van der Waals surface area contributed by atoms with Gasteiger partial charge in [0.15, 0.2) is 0 Å². The van der Waals surface area contributed by atoms with Gasteiger partial charge in [-0.25, -0.2) is 4.39 Å². The molecular weight excluding hydrogens is 243 g/mol. The number of aryl methyl sites for hydroxylation is 1. The second-order valence-electron chi connectivity index (χ2n) is 4.63. The lowest BCUT2D eigenvalue weighted by Gasteiger charge is -2.14. The average molecular weight is 260 g/mol. The van der Waals surface area contributed by atoms with E-state index in [4.69, 9.17) is 10.5 Å². The Morgan fingerprint density at radius 3 is 2.79 bits per heavy atom. The Labute approximate surface area is 112 Å². The van der Waals surface area contributed by atoms with E-state index in [0.29, 0.717) is 12.4 Å². The minimum atomic E-state index is -0.332. The molecule has 0 aliphatic heterocycles. The highest BCUT2D eigenvalue weighted by molar-refractivity contribution is 5.36. The summed E-state index contributed by atoms with van der Waals surface area (Å²) >= 11 is 0. The zero-order valence-electron chi connectivity index (χ0n) is 11.1. The van der Waals surface area contributed by atoms with Crippen LogP contribution in [0.1, 0.15) is 29.7 Å². The third-order valence-corrected chi connectivity index (χ3v) is 2.79. The van der Waals surface area contributed by atoms with Crippen molar-refractivity contribution >= 4 is 0 Å². The molecule has 19 heavy (non-hydrogen) atoms. The van der Waals surface area contributed by atoms with Gasteiger partial charge in [-0.3, -0.25) is 4.98 Å². The summed E-state index contributed by atoms with van der Waals surface area (Å²) in [5, 5.41) is 0. The van der Waals surface area contributed by atoms with E-state index >= 15 is 0 Å². The van der Waals surface area contributed by atoms with Crippen molar-refractivity contribution in [2.24, 2.45) is 5.73 Å². The van der Waals surface area contributed by atoms with Crippen LogP contribution in [-0.4, -0.2) is 4.98 Å². The molecule has 1 atom stereocenters. The fraction of sp³-hybridized carbons (Fsp3) is 0.267. The van der Waals surface area contributed by atoms with Crippen LogP contribution in [-0.2, 0) is 6.61 Å². The molecule has 0 radical (unpaired) electrons. The van der Waals surface area contributed by atoms with Gasteiger partial charge in [-0.1, -0.05) is 6.07 Å². The van der Waals surface area contributed by atoms with Gasteiger partial charge in [0.05, 0.1) is 0 Å². The maximum atomic E-state index is 13.3. The summed E-state index contributed by atoms with van der Waals surface area (Å²) in [6, 6.07) is 6.19. The lowest BCUT2D eigenvalue weighted by atomic mass is 10.1. The van der Waals surface area contributed by atoms with Crippen molar-refractivity contribution in [2.75, 3.05) is 0 Å². The van der Waals surface area contributed by atoms with E-state index in [1.54, 1.807) is 18.5 Å². The summed E-state index contributed by atoms with van der Waals surface area (Å²) in [7, 11) is 0. The van der Waals surface area contributed by atoms with Gasteiger partial charge >= 0.3 is 0 Å². The molecule has 1 heterocycles. The highest BCUT2D eigenvalue weighted by Crippen LogP contribution is 2.25. The van der Waals surface area contributed by atoms with Crippen LogP contribution in [0.4, 0.5) is 4.39 Å². The van der Waals surface area contributed by atoms with Crippen molar-refractivity contribution in [1.82, 2.24) is 4.98 Å². The Hall–Kier alpha value is -1.94. The summed E-state index contributed by atoms with van der Waals surface area (Å²) in [6.45, 7) is 4.15. The number of pyridine rings is 1. The molecule has 1 unspecified atom stereocenters. The normalized spacial score (nSPS) is 12.2. The van der Waals surface area contributed by atoms with Crippen LogP contribution in [0.2, 0.25) is 0 Å². The van der Waals surface area contributed by atoms with Gasteiger partial charge in [-0.2, -0.15) is 0 Å². The first-order chi connectivity index (χ1) is 9.06. The van der Waals surface area contributed by atoms with E-state index in [1.165, 1.54) is 12.1 Å². The number of nitrogens with zero attached hydrogens (tertiary/aromatic N) is 1. The molecule has 0 saturated carbocycles. The van der Waals surface area contributed by atoms with E-state index in [1.807, 2.05) is 19.9 Å². The molecule has 2 aromatic rings. The molecule has 0 aliphatic rings. The number of aromatic nitrogens is 1. The Balaban J connectivity index is 2.17. The van der Waals surface area contributed by atoms with E-state index in [-0.39, 0.29) is 11.9 Å². The maximum absolute atomic E-state index is 13.3. The fourth-order valence-corrected chi connectivity index (χ4v) is 1.87. The van der Waals surface area contributed by atoms with E-state index < -0.39 is 0 Å². The van der Waals surface area contributed by atoms with Crippen LogP contribution < -0.4 is 10.5 Å². The zero-order chi connectivity index (χ0) is 13.8. The Morgan fingerprint density at radius 2 is 2.11 bits per heavy atom. The van der Waals surface area contributed by atoms with Crippen LogP contribution in [0.5, 0.6) is 5.75 Å². The topological polar surface area (TPSA) is 48.1 Å². The van der Waals surface area contributed by atoms with Gasteiger partial charge in [0.1, 0.15) is 18.2 Å². The minimum absolute atomic E-state index is 0.203. The molecule has 100 valence electrons. The van der Waals surface area contributed by atoms with Gasteiger partial charge < -0.3 is 10.5 Å². The van der Waals surface area contributed by atoms with Gasteiger partial charge in [-0.15, -0.1) is 0 Å². The monoisotopic (exact) mass is 260 g/mol. The Morgan fingerprint density at radius 1 is 1.32 bits per heavy atom. The van der Waals surface area contributed by atoms with Crippen molar-refractivity contribution in [2.45, 2.75) is 26.5 Å². The van der Waals surface area contributed by atoms with Crippen molar-refractivity contribution in [1.29, 1.82) is 0 Å². The van der Waals surface area contributed by atoms with E-state index in [2.05, 4.69) is 4.98 Å². The second-order valence-corrected chi connectivity index (χ2v) is 4.63. The van der Waals surface area contributed by atoms with Gasteiger partial charge in [-0.05, 0) is 31.5 Å². The van der Waals surface area contributed by atoms with Crippen LogP contribution in [0, 0.1) is 12.7 Å². The first-order valence-electron chi connectivity index (χ1n) is 6.14. The Bertz CT molecular complexity index is 570. The number of benzene rings is 1. The number of hydrogen-bond donors (Lipinski definition) is 1. The van der Waals surface area contributed by atoms with Crippen molar-refractivity contribution in [3.05, 3.63) is 59.2 Å². The predicted molar refractivity (Wildman–Crippen MR) is 72.3 cm³/mol. The molecule has 0 saturated heterocycles. The number of rotatable bonds is 4. The molecule has 4 heteroatoms. The van der Waals surface area contributed by atoms with E-state index in [0.717, 1.165) is 16.7 Å². The largest absolute Gasteiger partial charge is 0.488 e. The summed E-state index contributed by atoms with van der Waals surface area (Å²) in [5.41, 5.74) is 8.64. The molecule has 2 rings (SSSR count). The minimum Gasteiger partial charge on any atom is -0.488 e. The molecule has 0 aliphatic carbocycles. The van der Waals surface area contributed by atoms with Gasteiger partial charge in [0.2, 0.25) is 0 Å². The number of ether oxygens (including phenoxy) is 1. The standard InChI is InChI=1S/C15H17FN2O/c1-10-5-12(8-18-7-10)9-19-15-6-13(16)3-4-14(15)11(2)17/h3-8,11H,9,17H2,1-2H3. The van der Waals surface area contributed by atoms with Crippen LogP contribution >= 0.6 is 0 Å². The maximum Gasteiger partial charge on any atom is 0.127 e. The van der Waals surface area contributed by atoms with Gasteiger partial charge in [0.25, 0.3) is 0 Å². The van der Waals surface area contributed by atoms with Crippen LogP contribution in [0.3, 0.4) is 0 Å². The fourth-order valence-electron chi connectivity index (χ4n) is 1.87.